The smallest absolute Gasteiger partial charge is 0.313 e. The van der Waals surface area contributed by atoms with Crippen molar-refractivity contribution in [2.75, 3.05) is 59.3 Å². The summed E-state index contributed by atoms with van der Waals surface area (Å²) >= 11 is 1.63. The molecule has 0 unspecified atom stereocenters. The lowest BCUT2D eigenvalue weighted by Crippen LogP contribution is -2.49. The molecule has 8 nitrogen and oxygen atoms in total. The molecule has 9 heteroatoms. The first-order valence-corrected chi connectivity index (χ1v) is 10.7. The molecule has 2 amide bonds. The summed E-state index contributed by atoms with van der Waals surface area (Å²) in [5, 5.41) is 9.53. The summed E-state index contributed by atoms with van der Waals surface area (Å²) in [7, 11) is 5.16. The Balaban J connectivity index is 1.60. The third-order valence-electron chi connectivity index (χ3n) is 5.21. The number of hydrogen-bond acceptors (Lipinski definition) is 7. The molecule has 1 aromatic heterocycles. The van der Waals surface area contributed by atoms with Gasteiger partial charge in [0.1, 0.15) is 0 Å². The Morgan fingerprint density at radius 3 is 2.43 bits per heavy atom. The van der Waals surface area contributed by atoms with Crippen molar-refractivity contribution >= 4 is 28.8 Å². The van der Waals surface area contributed by atoms with Crippen LogP contribution < -0.4 is 20.1 Å². The van der Waals surface area contributed by atoms with Crippen molar-refractivity contribution in [1.82, 2.24) is 15.1 Å². The number of rotatable bonds is 7. The molecular weight excluding hydrogens is 404 g/mol. The van der Waals surface area contributed by atoms with Gasteiger partial charge in [-0.05, 0) is 41.6 Å². The zero-order valence-electron chi connectivity index (χ0n) is 17.5. The fourth-order valence-electron chi connectivity index (χ4n) is 3.43. The van der Waals surface area contributed by atoms with Crippen LogP contribution in [0.15, 0.2) is 35.0 Å². The van der Waals surface area contributed by atoms with Crippen LogP contribution in [0.2, 0.25) is 0 Å². The number of thiophene rings is 1. The van der Waals surface area contributed by atoms with Gasteiger partial charge in [0.2, 0.25) is 0 Å². The Bertz CT molecular complexity index is 851. The van der Waals surface area contributed by atoms with Gasteiger partial charge in [0.05, 0.1) is 20.3 Å². The van der Waals surface area contributed by atoms with Crippen LogP contribution in [-0.2, 0) is 9.59 Å². The Morgan fingerprint density at radius 2 is 1.80 bits per heavy atom. The fourth-order valence-corrected chi connectivity index (χ4v) is 4.13. The number of nitrogens with one attached hydrogen (secondary N) is 2. The number of nitrogens with zero attached hydrogens (tertiary/aromatic N) is 2. The van der Waals surface area contributed by atoms with Crippen LogP contribution in [0.3, 0.4) is 0 Å². The molecule has 1 fully saturated rings. The molecule has 3 rings (SSSR count). The number of methoxy groups -OCH3 is 2. The van der Waals surface area contributed by atoms with E-state index in [0.29, 0.717) is 23.7 Å². The van der Waals surface area contributed by atoms with E-state index in [2.05, 4.69) is 38.9 Å². The molecular formula is C21H28N4O4S. The molecule has 2 N–H and O–H groups in total. The number of carbonyl (C=O) groups excluding carboxylic acids is 2. The van der Waals surface area contributed by atoms with E-state index in [1.807, 2.05) is 5.38 Å². The summed E-state index contributed by atoms with van der Waals surface area (Å²) in [5.41, 5.74) is 1.62. The predicted molar refractivity (Wildman–Crippen MR) is 117 cm³/mol. The van der Waals surface area contributed by atoms with Gasteiger partial charge in [-0.25, -0.2) is 0 Å². The first kappa shape index (κ1) is 22.1. The quantitative estimate of drug-likeness (QED) is 0.650. The maximum atomic E-state index is 12.4. The molecule has 1 saturated heterocycles. The van der Waals surface area contributed by atoms with Crippen LogP contribution in [0.1, 0.15) is 11.6 Å². The third kappa shape index (κ3) is 5.50. The van der Waals surface area contributed by atoms with Crippen molar-refractivity contribution in [2.24, 2.45) is 0 Å². The van der Waals surface area contributed by atoms with Crippen LogP contribution in [0, 0.1) is 0 Å². The van der Waals surface area contributed by atoms with Crippen molar-refractivity contribution in [3.8, 4) is 11.5 Å². The minimum atomic E-state index is -0.718. The molecule has 0 aliphatic carbocycles. The predicted octanol–water partition coefficient (Wildman–Crippen LogP) is 1.81. The van der Waals surface area contributed by atoms with Gasteiger partial charge in [0.15, 0.2) is 11.5 Å². The minimum Gasteiger partial charge on any atom is -0.493 e. The first-order chi connectivity index (χ1) is 14.5. The average molecular weight is 433 g/mol. The lowest BCUT2D eigenvalue weighted by atomic mass is 10.1. The normalized spacial score (nSPS) is 16.0. The second-order valence-electron chi connectivity index (χ2n) is 7.15. The summed E-state index contributed by atoms with van der Waals surface area (Å²) in [4.78, 5) is 29.4. The van der Waals surface area contributed by atoms with Crippen LogP contribution >= 0.6 is 11.3 Å². The molecule has 1 atom stereocenters. The third-order valence-corrected chi connectivity index (χ3v) is 5.91. The Kier molecular flexibility index (Phi) is 7.67. The summed E-state index contributed by atoms with van der Waals surface area (Å²) < 4.78 is 10.4. The van der Waals surface area contributed by atoms with Crippen LogP contribution in [0.5, 0.6) is 11.5 Å². The number of amides is 2. The van der Waals surface area contributed by atoms with E-state index in [9.17, 15) is 9.59 Å². The molecule has 1 aromatic carbocycles. The van der Waals surface area contributed by atoms with Gasteiger partial charge < -0.3 is 25.0 Å². The average Bonchev–Trinajstić information content (AvgIpc) is 3.29. The van der Waals surface area contributed by atoms with Crippen molar-refractivity contribution in [3.63, 3.8) is 0 Å². The van der Waals surface area contributed by atoms with Crippen LogP contribution in [0.4, 0.5) is 5.69 Å². The number of carbonyl (C=O) groups is 2. The highest BCUT2D eigenvalue weighted by Gasteiger charge is 2.25. The Labute approximate surface area is 180 Å². The van der Waals surface area contributed by atoms with Crippen molar-refractivity contribution in [3.05, 3.63) is 40.6 Å². The summed E-state index contributed by atoms with van der Waals surface area (Å²) in [6.07, 6.45) is 0. The SMILES string of the molecule is COc1ccc(NC(=O)C(=O)NC[C@@H](c2ccsc2)N2CCN(C)CC2)cc1OC. The molecule has 162 valence electrons. The van der Waals surface area contributed by atoms with Gasteiger partial charge in [0, 0.05) is 44.5 Å². The van der Waals surface area contributed by atoms with Crippen molar-refractivity contribution in [2.45, 2.75) is 6.04 Å². The van der Waals surface area contributed by atoms with E-state index in [-0.39, 0.29) is 6.04 Å². The van der Waals surface area contributed by atoms with Gasteiger partial charge >= 0.3 is 11.8 Å². The van der Waals surface area contributed by atoms with Crippen molar-refractivity contribution < 1.29 is 19.1 Å². The van der Waals surface area contributed by atoms with E-state index < -0.39 is 11.8 Å². The highest BCUT2D eigenvalue weighted by Crippen LogP contribution is 2.29. The van der Waals surface area contributed by atoms with Gasteiger partial charge in [0.25, 0.3) is 0 Å². The highest BCUT2D eigenvalue weighted by molar-refractivity contribution is 7.08. The number of hydrogen-bond donors (Lipinski definition) is 2. The second-order valence-corrected chi connectivity index (χ2v) is 7.93. The topological polar surface area (TPSA) is 83.1 Å². The van der Waals surface area contributed by atoms with Gasteiger partial charge in [-0.3, -0.25) is 14.5 Å². The molecule has 2 aromatic rings. The Hall–Kier alpha value is -2.62. The van der Waals surface area contributed by atoms with E-state index >= 15 is 0 Å². The molecule has 0 radical (unpaired) electrons. The summed E-state index contributed by atoms with van der Waals surface area (Å²) in [5.74, 6) is -0.363. The Morgan fingerprint density at radius 1 is 1.07 bits per heavy atom. The molecule has 1 aliphatic heterocycles. The zero-order chi connectivity index (χ0) is 21.5. The van der Waals surface area contributed by atoms with E-state index in [0.717, 1.165) is 31.7 Å². The first-order valence-electron chi connectivity index (χ1n) is 9.77. The van der Waals surface area contributed by atoms with Gasteiger partial charge in [-0.1, -0.05) is 0 Å². The molecule has 2 heterocycles. The molecule has 0 saturated carbocycles. The van der Waals surface area contributed by atoms with Gasteiger partial charge in [-0.15, -0.1) is 0 Å². The molecule has 0 spiro atoms. The van der Waals surface area contributed by atoms with Crippen LogP contribution in [0.25, 0.3) is 0 Å². The van der Waals surface area contributed by atoms with E-state index in [4.69, 9.17) is 9.47 Å². The largest absolute Gasteiger partial charge is 0.493 e. The van der Waals surface area contributed by atoms with Crippen molar-refractivity contribution in [1.29, 1.82) is 0 Å². The minimum absolute atomic E-state index is 0.0442. The van der Waals surface area contributed by atoms with E-state index in [1.165, 1.54) is 14.2 Å². The monoisotopic (exact) mass is 432 g/mol. The molecule has 1 aliphatic rings. The lowest BCUT2D eigenvalue weighted by Gasteiger charge is -2.37. The maximum Gasteiger partial charge on any atom is 0.313 e. The van der Waals surface area contributed by atoms with E-state index in [1.54, 1.807) is 29.5 Å². The fraction of sp³-hybridized carbons (Fsp3) is 0.429. The standard InChI is InChI=1S/C21H28N4O4S/c1-24-7-9-25(10-8-24)17(15-6-11-30-14-15)13-22-20(26)21(27)23-16-4-5-18(28-2)19(12-16)29-3/h4-6,11-12,14,17H,7-10,13H2,1-3H3,(H,22,26)(H,23,27)/t17-/m0/s1. The molecule has 30 heavy (non-hydrogen) atoms. The summed E-state index contributed by atoms with van der Waals surface area (Å²) in [6.45, 7) is 4.18. The molecule has 0 bridgehead atoms. The number of ether oxygens (including phenoxy) is 2. The number of benzene rings is 1. The lowest BCUT2D eigenvalue weighted by molar-refractivity contribution is -0.136. The maximum absolute atomic E-state index is 12.4. The number of likely N-dealkylation sites (N-methyl/N-ethyl adjacent to an activating group) is 1. The zero-order valence-corrected chi connectivity index (χ0v) is 18.3. The number of piperazine rings is 1. The summed E-state index contributed by atoms with van der Waals surface area (Å²) in [6, 6.07) is 7.06. The van der Waals surface area contributed by atoms with Crippen LogP contribution in [-0.4, -0.2) is 75.6 Å². The van der Waals surface area contributed by atoms with Gasteiger partial charge in [-0.2, -0.15) is 11.3 Å². The second kappa shape index (κ2) is 10.4. The highest BCUT2D eigenvalue weighted by atomic mass is 32.1. The number of anilines is 1.